The molecule has 5 heteroatoms. The Morgan fingerprint density at radius 3 is 2.45 bits per heavy atom. The SMILES string of the molecule is O=C(CCCc1ccc(F)cc1)NCC(=O)N1CCCCC1. The number of nitrogens with zero attached hydrogens (tertiary/aromatic N) is 1. The molecule has 1 saturated heterocycles. The van der Waals surface area contributed by atoms with Crippen molar-refractivity contribution in [2.45, 2.75) is 38.5 Å². The molecule has 1 aliphatic rings. The molecule has 1 aromatic rings. The van der Waals surface area contributed by atoms with Crippen LogP contribution in [0.25, 0.3) is 0 Å². The Bertz CT molecular complexity index is 496. The smallest absolute Gasteiger partial charge is 0.241 e. The van der Waals surface area contributed by atoms with E-state index in [4.69, 9.17) is 0 Å². The van der Waals surface area contributed by atoms with Gasteiger partial charge in [-0.05, 0) is 49.8 Å². The van der Waals surface area contributed by atoms with Crippen molar-refractivity contribution in [1.82, 2.24) is 10.2 Å². The minimum Gasteiger partial charge on any atom is -0.347 e. The molecular formula is C17H23FN2O2. The molecule has 1 aromatic carbocycles. The van der Waals surface area contributed by atoms with E-state index in [0.717, 1.165) is 37.9 Å². The first-order chi connectivity index (χ1) is 10.6. The van der Waals surface area contributed by atoms with E-state index >= 15 is 0 Å². The number of piperidine rings is 1. The van der Waals surface area contributed by atoms with Gasteiger partial charge >= 0.3 is 0 Å². The number of benzene rings is 1. The van der Waals surface area contributed by atoms with E-state index in [1.54, 1.807) is 12.1 Å². The number of hydrogen-bond acceptors (Lipinski definition) is 2. The molecule has 0 radical (unpaired) electrons. The highest BCUT2D eigenvalue weighted by molar-refractivity contribution is 5.84. The summed E-state index contributed by atoms with van der Waals surface area (Å²) in [5.41, 5.74) is 1.01. The Balaban J connectivity index is 1.61. The summed E-state index contributed by atoms with van der Waals surface area (Å²) < 4.78 is 12.8. The molecule has 22 heavy (non-hydrogen) atoms. The Labute approximate surface area is 130 Å². The van der Waals surface area contributed by atoms with Gasteiger partial charge in [-0.2, -0.15) is 0 Å². The molecule has 1 aliphatic heterocycles. The third-order valence-corrected chi connectivity index (χ3v) is 3.93. The molecule has 0 bridgehead atoms. The lowest BCUT2D eigenvalue weighted by molar-refractivity contribution is -0.133. The van der Waals surface area contributed by atoms with E-state index in [0.29, 0.717) is 12.8 Å². The van der Waals surface area contributed by atoms with Crippen molar-refractivity contribution < 1.29 is 14.0 Å². The fourth-order valence-corrected chi connectivity index (χ4v) is 2.62. The third kappa shape index (κ3) is 5.47. The topological polar surface area (TPSA) is 49.4 Å². The summed E-state index contributed by atoms with van der Waals surface area (Å²) in [5, 5.41) is 2.68. The zero-order chi connectivity index (χ0) is 15.8. The van der Waals surface area contributed by atoms with Crippen LogP contribution in [0.3, 0.4) is 0 Å². The highest BCUT2D eigenvalue weighted by Crippen LogP contribution is 2.09. The van der Waals surface area contributed by atoms with Crippen LogP contribution >= 0.6 is 0 Å². The molecule has 2 rings (SSSR count). The summed E-state index contributed by atoms with van der Waals surface area (Å²) in [7, 11) is 0. The van der Waals surface area contributed by atoms with Gasteiger partial charge < -0.3 is 10.2 Å². The van der Waals surface area contributed by atoms with Gasteiger partial charge in [-0.1, -0.05) is 12.1 Å². The van der Waals surface area contributed by atoms with Gasteiger partial charge in [0, 0.05) is 19.5 Å². The molecule has 0 aromatic heterocycles. The van der Waals surface area contributed by atoms with Crippen LogP contribution in [0.4, 0.5) is 4.39 Å². The number of likely N-dealkylation sites (tertiary alicyclic amines) is 1. The fourth-order valence-electron chi connectivity index (χ4n) is 2.62. The molecule has 1 heterocycles. The second-order valence-corrected chi connectivity index (χ2v) is 5.70. The van der Waals surface area contributed by atoms with Gasteiger partial charge in [-0.15, -0.1) is 0 Å². The van der Waals surface area contributed by atoms with Crippen molar-refractivity contribution in [3.8, 4) is 0 Å². The Hall–Kier alpha value is -1.91. The molecule has 2 amide bonds. The van der Waals surface area contributed by atoms with Crippen LogP contribution in [0, 0.1) is 5.82 Å². The number of aryl methyl sites for hydroxylation is 1. The molecule has 0 unspecified atom stereocenters. The minimum atomic E-state index is -0.252. The maximum atomic E-state index is 12.8. The summed E-state index contributed by atoms with van der Waals surface area (Å²) >= 11 is 0. The average Bonchev–Trinajstić information content (AvgIpc) is 2.55. The highest BCUT2D eigenvalue weighted by Gasteiger charge is 2.16. The fraction of sp³-hybridized carbons (Fsp3) is 0.529. The lowest BCUT2D eigenvalue weighted by atomic mass is 10.1. The molecular weight excluding hydrogens is 283 g/mol. The first kappa shape index (κ1) is 16.5. The largest absolute Gasteiger partial charge is 0.347 e. The molecule has 0 atom stereocenters. The van der Waals surface area contributed by atoms with Gasteiger partial charge in [-0.3, -0.25) is 9.59 Å². The zero-order valence-corrected chi connectivity index (χ0v) is 12.8. The summed E-state index contributed by atoms with van der Waals surface area (Å²) in [5.74, 6) is -0.350. The molecule has 4 nitrogen and oxygen atoms in total. The van der Waals surface area contributed by atoms with Gasteiger partial charge in [0.2, 0.25) is 11.8 Å². The number of halogens is 1. The third-order valence-electron chi connectivity index (χ3n) is 3.93. The number of amides is 2. The highest BCUT2D eigenvalue weighted by atomic mass is 19.1. The molecule has 1 fully saturated rings. The number of rotatable bonds is 6. The summed E-state index contributed by atoms with van der Waals surface area (Å²) in [4.78, 5) is 25.5. The molecule has 0 spiro atoms. The van der Waals surface area contributed by atoms with Gasteiger partial charge in [0.15, 0.2) is 0 Å². The van der Waals surface area contributed by atoms with Crippen molar-refractivity contribution >= 4 is 11.8 Å². The van der Waals surface area contributed by atoms with Crippen LogP contribution in [0.15, 0.2) is 24.3 Å². The molecule has 1 N–H and O–H groups in total. The number of hydrogen-bond donors (Lipinski definition) is 1. The van der Waals surface area contributed by atoms with Gasteiger partial charge in [0.1, 0.15) is 5.82 Å². The summed E-state index contributed by atoms with van der Waals surface area (Å²) in [6.07, 6.45) is 5.09. The van der Waals surface area contributed by atoms with E-state index < -0.39 is 0 Å². The van der Waals surface area contributed by atoms with E-state index in [2.05, 4.69) is 5.32 Å². The van der Waals surface area contributed by atoms with Gasteiger partial charge in [-0.25, -0.2) is 4.39 Å². The normalized spacial score (nSPS) is 14.7. The Morgan fingerprint density at radius 1 is 1.09 bits per heavy atom. The second kappa shape index (κ2) is 8.51. The number of carbonyl (C=O) groups excluding carboxylic acids is 2. The number of carbonyl (C=O) groups is 2. The monoisotopic (exact) mass is 306 g/mol. The van der Waals surface area contributed by atoms with E-state index in [9.17, 15) is 14.0 Å². The minimum absolute atomic E-state index is 0.00610. The van der Waals surface area contributed by atoms with Crippen molar-refractivity contribution in [3.05, 3.63) is 35.6 Å². The van der Waals surface area contributed by atoms with Crippen LogP contribution in [0.2, 0.25) is 0 Å². The van der Waals surface area contributed by atoms with Crippen molar-refractivity contribution in [3.63, 3.8) is 0 Å². The summed E-state index contributed by atoms with van der Waals surface area (Å²) in [6, 6.07) is 6.31. The van der Waals surface area contributed by atoms with E-state index in [-0.39, 0.29) is 24.2 Å². The van der Waals surface area contributed by atoms with E-state index in [1.807, 2.05) is 4.90 Å². The zero-order valence-electron chi connectivity index (χ0n) is 12.8. The quantitative estimate of drug-likeness (QED) is 0.876. The second-order valence-electron chi connectivity index (χ2n) is 5.70. The van der Waals surface area contributed by atoms with Crippen LogP contribution in [-0.4, -0.2) is 36.3 Å². The lowest BCUT2D eigenvalue weighted by Crippen LogP contribution is -2.42. The maximum Gasteiger partial charge on any atom is 0.241 e. The van der Waals surface area contributed by atoms with Gasteiger partial charge in [0.25, 0.3) is 0 Å². The standard InChI is InChI=1S/C17H23FN2O2/c18-15-9-7-14(8-10-15)5-4-6-16(21)19-13-17(22)20-11-2-1-3-12-20/h7-10H,1-6,11-13H2,(H,19,21). The maximum absolute atomic E-state index is 12.8. The van der Waals surface area contributed by atoms with E-state index in [1.165, 1.54) is 18.6 Å². The van der Waals surface area contributed by atoms with Crippen molar-refractivity contribution in [1.29, 1.82) is 0 Å². The van der Waals surface area contributed by atoms with Crippen LogP contribution in [0.5, 0.6) is 0 Å². The Kier molecular flexibility index (Phi) is 6.37. The van der Waals surface area contributed by atoms with Crippen LogP contribution in [0.1, 0.15) is 37.7 Å². The molecule has 0 saturated carbocycles. The Morgan fingerprint density at radius 2 is 1.77 bits per heavy atom. The predicted molar refractivity (Wildman–Crippen MR) is 82.8 cm³/mol. The summed E-state index contributed by atoms with van der Waals surface area (Å²) in [6.45, 7) is 1.70. The molecule has 0 aliphatic carbocycles. The van der Waals surface area contributed by atoms with Gasteiger partial charge in [0.05, 0.1) is 6.54 Å². The number of nitrogens with one attached hydrogen (secondary N) is 1. The lowest BCUT2D eigenvalue weighted by Gasteiger charge is -2.26. The average molecular weight is 306 g/mol. The molecule has 120 valence electrons. The predicted octanol–water partition coefficient (Wildman–Crippen LogP) is 2.28. The first-order valence-corrected chi connectivity index (χ1v) is 7.94. The van der Waals surface area contributed by atoms with Crippen molar-refractivity contribution in [2.75, 3.05) is 19.6 Å². The van der Waals surface area contributed by atoms with Crippen molar-refractivity contribution in [2.24, 2.45) is 0 Å². The first-order valence-electron chi connectivity index (χ1n) is 7.94. The van der Waals surface area contributed by atoms with Crippen LogP contribution in [-0.2, 0) is 16.0 Å². The van der Waals surface area contributed by atoms with Crippen LogP contribution < -0.4 is 5.32 Å².